The van der Waals surface area contributed by atoms with Gasteiger partial charge in [-0.2, -0.15) is 0 Å². The Morgan fingerprint density at radius 3 is 1.86 bits per heavy atom. The molecule has 0 heterocycles. The first-order valence-electron chi connectivity index (χ1n) is 7.75. The van der Waals surface area contributed by atoms with Gasteiger partial charge in [-0.05, 0) is 29.2 Å². The van der Waals surface area contributed by atoms with E-state index in [1.54, 1.807) is 0 Å². The van der Waals surface area contributed by atoms with Gasteiger partial charge in [0.15, 0.2) is 0 Å². The summed E-state index contributed by atoms with van der Waals surface area (Å²) in [4.78, 5) is 0. The summed E-state index contributed by atoms with van der Waals surface area (Å²) in [6, 6.07) is 30.2. The van der Waals surface area contributed by atoms with Crippen LogP contribution in [0.2, 0.25) is 0 Å². The molecule has 3 aromatic rings. The lowest BCUT2D eigenvalue weighted by molar-refractivity contribution is 0.575. The lowest BCUT2D eigenvalue weighted by Crippen LogP contribution is -2.17. The largest absolute Gasteiger partial charge is 0.306 e. The van der Waals surface area contributed by atoms with Crippen LogP contribution in [0, 0.1) is 0 Å². The van der Waals surface area contributed by atoms with Crippen LogP contribution < -0.4 is 5.32 Å². The van der Waals surface area contributed by atoms with Crippen molar-refractivity contribution in [3.05, 3.63) is 96.1 Å². The molecule has 22 heavy (non-hydrogen) atoms. The van der Waals surface area contributed by atoms with Gasteiger partial charge in [0.2, 0.25) is 0 Å². The van der Waals surface area contributed by atoms with Gasteiger partial charge < -0.3 is 5.32 Å². The van der Waals surface area contributed by atoms with Crippen LogP contribution >= 0.6 is 0 Å². The Morgan fingerprint density at radius 2 is 1.23 bits per heavy atom. The molecule has 0 fully saturated rings. The maximum Gasteiger partial charge on any atom is 0.0294 e. The minimum atomic E-state index is 0.356. The Kier molecular flexibility index (Phi) is 4.67. The predicted octanol–water partition coefficient (Wildman–Crippen LogP) is 5.20. The third-order valence-electron chi connectivity index (χ3n) is 3.97. The van der Waals surface area contributed by atoms with Gasteiger partial charge in [0, 0.05) is 12.6 Å². The molecular weight excluding hydrogens is 266 g/mol. The Balaban J connectivity index is 1.62. The molecule has 3 aromatic carbocycles. The fraction of sp³-hybridized carbons (Fsp3) is 0.143. The molecule has 0 saturated heterocycles. The molecule has 0 aliphatic carbocycles. The third kappa shape index (κ3) is 3.63. The zero-order valence-corrected chi connectivity index (χ0v) is 12.9. The first kappa shape index (κ1) is 14.6. The van der Waals surface area contributed by atoms with E-state index in [1.807, 2.05) is 6.07 Å². The van der Waals surface area contributed by atoms with Crippen molar-refractivity contribution in [2.24, 2.45) is 0 Å². The molecule has 1 N–H and O–H groups in total. The molecule has 0 aromatic heterocycles. The van der Waals surface area contributed by atoms with E-state index in [2.05, 4.69) is 91.1 Å². The van der Waals surface area contributed by atoms with Crippen molar-refractivity contribution in [3.8, 4) is 11.1 Å². The highest BCUT2D eigenvalue weighted by Gasteiger charge is 2.04. The molecule has 1 atom stereocenters. The third-order valence-corrected chi connectivity index (χ3v) is 3.97. The van der Waals surface area contributed by atoms with Crippen molar-refractivity contribution < 1.29 is 0 Å². The van der Waals surface area contributed by atoms with Crippen LogP contribution in [0.3, 0.4) is 0 Å². The molecule has 0 radical (unpaired) electrons. The van der Waals surface area contributed by atoms with Gasteiger partial charge in [-0.3, -0.25) is 0 Å². The fourth-order valence-electron chi connectivity index (χ4n) is 2.58. The highest BCUT2D eigenvalue weighted by atomic mass is 14.9. The van der Waals surface area contributed by atoms with E-state index < -0.39 is 0 Å². The number of rotatable bonds is 5. The van der Waals surface area contributed by atoms with E-state index in [0.29, 0.717) is 6.04 Å². The predicted molar refractivity (Wildman–Crippen MR) is 93.6 cm³/mol. The number of hydrogen-bond donors (Lipinski definition) is 1. The highest BCUT2D eigenvalue weighted by molar-refractivity contribution is 5.63. The van der Waals surface area contributed by atoms with Gasteiger partial charge in [-0.25, -0.2) is 0 Å². The van der Waals surface area contributed by atoms with E-state index in [9.17, 15) is 0 Å². The SMILES string of the molecule is C[C@H](NCc1ccc(-c2ccccc2)cc1)c1ccccc1. The second kappa shape index (κ2) is 7.06. The van der Waals surface area contributed by atoms with Gasteiger partial charge in [0.1, 0.15) is 0 Å². The first-order valence-corrected chi connectivity index (χ1v) is 7.75. The van der Waals surface area contributed by atoms with Crippen LogP contribution in [0.1, 0.15) is 24.1 Å². The zero-order chi connectivity index (χ0) is 15.2. The molecule has 0 unspecified atom stereocenters. The van der Waals surface area contributed by atoms with Gasteiger partial charge in [-0.15, -0.1) is 0 Å². The quantitative estimate of drug-likeness (QED) is 0.679. The average Bonchev–Trinajstić information content (AvgIpc) is 2.61. The van der Waals surface area contributed by atoms with Gasteiger partial charge in [0.25, 0.3) is 0 Å². The van der Waals surface area contributed by atoms with Gasteiger partial charge >= 0.3 is 0 Å². The summed E-state index contributed by atoms with van der Waals surface area (Å²) in [7, 11) is 0. The Labute approximate surface area is 132 Å². The number of hydrogen-bond acceptors (Lipinski definition) is 1. The molecule has 0 spiro atoms. The number of nitrogens with one attached hydrogen (secondary N) is 1. The monoisotopic (exact) mass is 287 g/mol. The van der Waals surface area contributed by atoms with E-state index in [-0.39, 0.29) is 0 Å². The van der Waals surface area contributed by atoms with E-state index in [4.69, 9.17) is 0 Å². The van der Waals surface area contributed by atoms with Crippen LogP contribution in [0.15, 0.2) is 84.9 Å². The summed E-state index contributed by atoms with van der Waals surface area (Å²) in [5.74, 6) is 0. The zero-order valence-electron chi connectivity index (χ0n) is 12.9. The van der Waals surface area contributed by atoms with Gasteiger partial charge in [-0.1, -0.05) is 84.9 Å². The molecule has 110 valence electrons. The summed E-state index contributed by atoms with van der Waals surface area (Å²) < 4.78 is 0. The molecule has 3 rings (SSSR count). The summed E-state index contributed by atoms with van der Waals surface area (Å²) in [5.41, 5.74) is 5.16. The van der Waals surface area contributed by atoms with Crippen LogP contribution in [0.5, 0.6) is 0 Å². The molecule has 1 nitrogen and oxygen atoms in total. The second-order valence-corrected chi connectivity index (χ2v) is 5.58. The summed E-state index contributed by atoms with van der Waals surface area (Å²) >= 11 is 0. The van der Waals surface area contributed by atoms with Crippen molar-refractivity contribution in [2.45, 2.75) is 19.5 Å². The molecule has 0 bridgehead atoms. The van der Waals surface area contributed by atoms with Crippen LogP contribution in [0.4, 0.5) is 0 Å². The standard InChI is InChI=1S/C21H21N/c1-17(19-8-4-2-5-9-19)22-16-18-12-14-21(15-13-18)20-10-6-3-7-11-20/h2-15,17,22H,16H2,1H3/t17-/m0/s1. The average molecular weight is 287 g/mol. The fourth-order valence-corrected chi connectivity index (χ4v) is 2.58. The Bertz CT molecular complexity index is 687. The minimum absolute atomic E-state index is 0.356. The lowest BCUT2D eigenvalue weighted by Gasteiger charge is -2.14. The normalized spacial score (nSPS) is 12.0. The first-order chi connectivity index (χ1) is 10.8. The van der Waals surface area contributed by atoms with Crippen molar-refractivity contribution in [3.63, 3.8) is 0 Å². The smallest absolute Gasteiger partial charge is 0.0294 e. The summed E-state index contributed by atoms with van der Waals surface area (Å²) in [6.45, 7) is 3.08. The van der Waals surface area contributed by atoms with Crippen molar-refractivity contribution in [1.82, 2.24) is 5.32 Å². The molecule has 0 amide bonds. The maximum absolute atomic E-state index is 3.57. The lowest BCUT2D eigenvalue weighted by atomic mass is 10.0. The Morgan fingerprint density at radius 1 is 0.682 bits per heavy atom. The van der Waals surface area contributed by atoms with E-state index in [0.717, 1.165) is 6.54 Å². The number of benzene rings is 3. The summed E-state index contributed by atoms with van der Waals surface area (Å²) in [5, 5.41) is 3.57. The van der Waals surface area contributed by atoms with E-state index >= 15 is 0 Å². The van der Waals surface area contributed by atoms with Crippen molar-refractivity contribution >= 4 is 0 Å². The minimum Gasteiger partial charge on any atom is -0.306 e. The molecule has 0 aliphatic rings. The molecule has 0 aliphatic heterocycles. The van der Waals surface area contributed by atoms with Crippen LogP contribution in [-0.4, -0.2) is 0 Å². The van der Waals surface area contributed by atoms with Gasteiger partial charge in [0.05, 0.1) is 0 Å². The van der Waals surface area contributed by atoms with E-state index in [1.165, 1.54) is 22.3 Å². The Hall–Kier alpha value is -2.38. The highest BCUT2D eigenvalue weighted by Crippen LogP contribution is 2.19. The molecule has 1 heteroatoms. The maximum atomic E-state index is 3.57. The topological polar surface area (TPSA) is 12.0 Å². The van der Waals surface area contributed by atoms with Crippen molar-refractivity contribution in [2.75, 3.05) is 0 Å². The summed E-state index contributed by atoms with van der Waals surface area (Å²) in [6.07, 6.45) is 0. The molecule has 0 saturated carbocycles. The van der Waals surface area contributed by atoms with Crippen LogP contribution in [-0.2, 0) is 6.54 Å². The van der Waals surface area contributed by atoms with Crippen LogP contribution in [0.25, 0.3) is 11.1 Å². The van der Waals surface area contributed by atoms with Crippen molar-refractivity contribution in [1.29, 1.82) is 0 Å². The molecular formula is C21H21N. The second-order valence-electron chi connectivity index (χ2n) is 5.58.